The molecule has 2 aliphatic rings. The predicted octanol–water partition coefficient (Wildman–Crippen LogP) is 1.87. The third-order valence-corrected chi connectivity index (χ3v) is 4.50. The van der Waals surface area contributed by atoms with E-state index in [1.165, 1.54) is 12.8 Å². The SMILES string of the molecule is CCCC(C#N)N1CCN(C(=O)C(C)C2CC2)CC1. The molecule has 106 valence electrons. The topological polar surface area (TPSA) is 47.3 Å². The summed E-state index contributed by atoms with van der Waals surface area (Å²) in [6.07, 6.45) is 4.42. The molecule has 1 amide bonds. The first-order chi connectivity index (χ1) is 9.17. The van der Waals surface area contributed by atoms with Crippen LogP contribution in [-0.4, -0.2) is 47.9 Å². The predicted molar refractivity (Wildman–Crippen MR) is 74.4 cm³/mol. The van der Waals surface area contributed by atoms with Crippen LogP contribution in [0.1, 0.15) is 39.5 Å². The molecule has 1 saturated heterocycles. The average molecular weight is 263 g/mol. The second-order valence-electron chi connectivity index (χ2n) is 5.92. The molecule has 0 aromatic carbocycles. The molecule has 2 fully saturated rings. The van der Waals surface area contributed by atoms with Gasteiger partial charge in [-0.05, 0) is 25.2 Å². The third kappa shape index (κ3) is 3.48. The Bertz CT molecular complexity index is 351. The Morgan fingerprint density at radius 2 is 1.95 bits per heavy atom. The van der Waals surface area contributed by atoms with Gasteiger partial charge in [0.2, 0.25) is 5.91 Å². The summed E-state index contributed by atoms with van der Waals surface area (Å²) in [5.41, 5.74) is 0. The van der Waals surface area contributed by atoms with Crippen molar-refractivity contribution >= 4 is 5.91 Å². The van der Waals surface area contributed by atoms with Crippen LogP contribution in [0, 0.1) is 23.2 Å². The van der Waals surface area contributed by atoms with Gasteiger partial charge in [0.05, 0.1) is 12.1 Å². The highest BCUT2D eigenvalue weighted by Crippen LogP contribution is 2.37. The molecule has 0 radical (unpaired) electrons. The number of carbonyl (C=O) groups is 1. The van der Waals surface area contributed by atoms with Gasteiger partial charge in [0.15, 0.2) is 0 Å². The fourth-order valence-electron chi connectivity index (χ4n) is 2.94. The van der Waals surface area contributed by atoms with Crippen molar-refractivity contribution in [2.75, 3.05) is 26.2 Å². The van der Waals surface area contributed by atoms with Crippen LogP contribution in [0.2, 0.25) is 0 Å². The molecule has 1 saturated carbocycles. The minimum Gasteiger partial charge on any atom is -0.340 e. The molecule has 0 spiro atoms. The van der Waals surface area contributed by atoms with Crippen molar-refractivity contribution in [1.29, 1.82) is 5.26 Å². The van der Waals surface area contributed by atoms with Crippen LogP contribution in [0.4, 0.5) is 0 Å². The Kier molecular flexibility index (Phi) is 4.81. The quantitative estimate of drug-likeness (QED) is 0.761. The Hall–Kier alpha value is -1.08. The van der Waals surface area contributed by atoms with E-state index < -0.39 is 0 Å². The Labute approximate surface area is 116 Å². The highest BCUT2D eigenvalue weighted by Gasteiger charge is 2.36. The third-order valence-electron chi connectivity index (χ3n) is 4.50. The van der Waals surface area contributed by atoms with Crippen LogP contribution in [-0.2, 0) is 4.79 Å². The first-order valence-corrected chi connectivity index (χ1v) is 7.59. The fraction of sp³-hybridized carbons (Fsp3) is 0.867. The molecule has 4 heteroatoms. The van der Waals surface area contributed by atoms with E-state index in [0.717, 1.165) is 39.0 Å². The number of nitriles is 1. The van der Waals surface area contributed by atoms with E-state index >= 15 is 0 Å². The van der Waals surface area contributed by atoms with Gasteiger partial charge in [-0.2, -0.15) is 5.26 Å². The molecule has 2 atom stereocenters. The molecular formula is C15H25N3O. The maximum Gasteiger partial charge on any atom is 0.225 e. The van der Waals surface area contributed by atoms with Gasteiger partial charge >= 0.3 is 0 Å². The monoisotopic (exact) mass is 263 g/mol. The Morgan fingerprint density at radius 1 is 1.32 bits per heavy atom. The largest absolute Gasteiger partial charge is 0.340 e. The number of piperazine rings is 1. The number of nitrogens with zero attached hydrogens (tertiary/aromatic N) is 3. The van der Waals surface area contributed by atoms with Crippen LogP contribution in [0.5, 0.6) is 0 Å². The van der Waals surface area contributed by atoms with Crippen LogP contribution in [0.3, 0.4) is 0 Å². The van der Waals surface area contributed by atoms with Crippen LogP contribution >= 0.6 is 0 Å². The van der Waals surface area contributed by atoms with Gasteiger partial charge in [-0.15, -0.1) is 0 Å². The molecule has 19 heavy (non-hydrogen) atoms. The second kappa shape index (κ2) is 6.38. The molecule has 2 unspecified atom stereocenters. The van der Waals surface area contributed by atoms with Crippen molar-refractivity contribution in [3.05, 3.63) is 0 Å². The molecule has 2 rings (SSSR count). The summed E-state index contributed by atoms with van der Waals surface area (Å²) in [7, 11) is 0. The normalized spacial score (nSPS) is 23.7. The average Bonchev–Trinajstić information content (AvgIpc) is 3.28. The van der Waals surface area contributed by atoms with Gasteiger partial charge in [0.25, 0.3) is 0 Å². The lowest BCUT2D eigenvalue weighted by Crippen LogP contribution is -2.52. The first kappa shape index (κ1) is 14.3. The summed E-state index contributed by atoms with van der Waals surface area (Å²) in [6.45, 7) is 7.46. The van der Waals surface area contributed by atoms with Gasteiger partial charge in [-0.1, -0.05) is 20.3 Å². The van der Waals surface area contributed by atoms with Crippen LogP contribution in [0.15, 0.2) is 0 Å². The van der Waals surface area contributed by atoms with Crippen molar-refractivity contribution in [2.45, 2.75) is 45.6 Å². The molecule has 1 heterocycles. The maximum absolute atomic E-state index is 12.3. The lowest BCUT2D eigenvalue weighted by Gasteiger charge is -2.38. The lowest BCUT2D eigenvalue weighted by atomic mass is 10.0. The van der Waals surface area contributed by atoms with Crippen molar-refractivity contribution < 1.29 is 4.79 Å². The summed E-state index contributed by atoms with van der Waals surface area (Å²) >= 11 is 0. The van der Waals surface area contributed by atoms with Crippen LogP contribution < -0.4 is 0 Å². The molecule has 4 nitrogen and oxygen atoms in total. The van der Waals surface area contributed by atoms with E-state index in [1.807, 2.05) is 4.90 Å². The zero-order valence-corrected chi connectivity index (χ0v) is 12.1. The van der Waals surface area contributed by atoms with Gasteiger partial charge in [-0.3, -0.25) is 9.69 Å². The molecule has 1 aliphatic carbocycles. The molecule has 0 N–H and O–H groups in total. The lowest BCUT2D eigenvalue weighted by molar-refractivity contribution is -0.137. The van der Waals surface area contributed by atoms with Crippen molar-refractivity contribution in [1.82, 2.24) is 9.80 Å². The zero-order chi connectivity index (χ0) is 13.8. The van der Waals surface area contributed by atoms with E-state index in [9.17, 15) is 10.1 Å². The van der Waals surface area contributed by atoms with E-state index in [2.05, 4.69) is 24.8 Å². The zero-order valence-electron chi connectivity index (χ0n) is 12.1. The number of amides is 1. The minimum atomic E-state index is 0.0307. The highest BCUT2D eigenvalue weighted by atomic mass is 16.2. The molecule has 0 aromatic rings. The van der Waals surface area contributed by atoms with Gasteiger partial charge in [0.1, 0.15) is 0 Å². The number of hydrogen-bond acceptors (Lipinski definition) is 3. The van der Waals surface area contributed by atoms with E-state index in [1.54, 1.807) is 0 Å². The van der Waals surface area contributed by atoms with Crippen LogP contribution in [0.25, 0.3) is 0 Å². The van der Waals surface area contributed by atoms with Gasteiger partial charge in [0, 0.05) is 32.1 Å². The molecule has 0 bridgehead atoms. The van der Waals surface area contributed by atoms with Crippen molar-refractivity contribution in [3.63, 3.8) is 0 Å². The molecular weight excluding hydrogens is 238 g/mol. The van der Waals surface area contributed by atoms with Gasteiger partial charge < -0.3 is 4.90 Å². The smallest absolute Gasteiger partial charge is 0.225 e. The summed E-state index contributed by atoms with van der Waals surface area (Å²) in [5.74, 6) is 1.16. The Morgan fingerprint density at radius 3 is 2.42 bits per heavy atom. The van der Waals surface area contributed by atoms with E-state index in [0.29, 0.717) is 11.8 Å². The Balaban J connectivity index is 1.81. The number of carbonyl (C=O) groups excluding carboxylic acids is 1. The number of rotatable bonds is 5. The minimum absolute atomic E-state index is 0.0307. The molecule has 0 aromatic heterocycles. The molecule has 1 aliphatic heterocycles. The fourth-order valence-corrected chi connectivity index (χ4v) is 2.94. The second-order valence-corrected chi connectivity index (χ2v) is 5.92. The highest BCUT2D eigenvalue weighted by molar-refractivity contribution is 5.79. The first-order valence-electron chi connectivity index (χ1n) is 7.59. The van der Waals surface area contributed by atoms with E-state index in [4.69, 9.17) is 0 Å². The number of hydrogen-bond donors (Lipinski definition) is 0. The standard InChI is InChI=1S/C15H25N3O/c1-3-4-14(11-16)17-7-9-18(10-8-17)15(19)12(2)13-5-6-13/h12-14H,3-10H2,1-2H3. The summed E-state index contributed by atoms with van der Waals surface area (Å²) < 4.78 is 0. The van der Waals surface area contributed by atoms with E-state index in [-0.39, 0.29) is 12.0 Å². The summed E-state index contributed by atoms with van der Waals surface area (Å²) in [5, 5.41) is 9.18. The van der Waals surface area contributed by atoms with Gasteiger partial charge in [-0.25, -0.2) is 0 Å². The summed E-state index contributed by atoms with van der Waals surface area (Å²) in [4.78, 5) is 16.5. The van der Waals surface area contributed by atoms with Crippen molar-refractivity contribution in [2.24, 2.45) is 11.8 Å². The summed E-state index contributed by atoms with van der Waals surface area (Å²) in [6, 6.07) is 2.42. The van der Waals surface area contributed by atoms with Crippen molar-refractivity contribution in [3.8, 4) is 6.07 Å². The maximum atomic E-state index is 12.3.